The van der Waals surface area contributed by atoms with Crippen molar-refractivity contribution in [3.05, 3.63) is 41.4 Å². The van der Waals surface area contributed by atoms with Crippen LogP contribution in [-0.2, 0) is 0 Å². The predicted octanol–water partition coefficient (Wildman–Crippen LogP) is 2.96. The number of aryl methyl sites for hydroxylation is 1. The molecule has 4 heteroatoms. The molecule has 0 bridgehead atoms. The fourth-order valence-electron chi connectivity index (χ4n) is 3.36. The summed E-state index contributed by atoms with van der Waals surface area (Å²) < 4.78 is 0. The van der Waals surface area contributed by atoms with Gasteiger partial charge in [-0.25, -0.2) is 9.97 Å². The third kappa shape index (κ3) is 1.94. The Balaban J connectivity index is 1.94. The lowest BCUT2D eigenvalue weighted by Crippen LogP contribution is -2.30. The van der Waals surface area contributed by atoms with E-state index in [0.29, 0.717) is 11.5 Å². The second-order valence-corrected chi connectivity index (χ2v) is 5.76. The van der Waals surface area contributed by atoms with Crippen LogP contribution in [0.5, 0.6) is 0 Å². The molecule has 1 aromatic carbocycles. The highest BCUT2D eigenvalue weighted by atomic mass is 16.1. The van der Waals surface area contributed by atoms with Gasteiger partial charge < -0.3 is 4.90 Å². The standard InChI is InChI=1S/C17H17N3O/c1-11-18-13-7-5-6-12-14(20-8-3-2-4-9-20)10-15(21)17(19-11)16(12)13/h5-7,10H,2-4,8-9H2,1H3. The van der Waals surface area contributed by atoms with Crippen LogP contribution in [0.2, 0.25) is 0 Å². The van der Waals surface area contributed by atoms with Gasteiger partial charge in [-0.3, -0.25) is 4.79 Å². The molecule has 2 heterocycles. The van der Waals surface area contributed by atoms with E-state index in [1.165, 1.54) is 19.3 Å². The number of hydrogen-bond donors (Lipinski definition) is 0. The fourth-order valence-corrected chi connectivity index (χ4v) is 3.36. The summed E-state index contributed by atoms with van der Waals surface area (Å²) in [5.74, 6) is 0.655. The van der Waals surface area contributed by atoms with Crippen LogP contribution < -0.4 is 0 Å². The maximum absolute atomic E-state index is 12.5. The van der Waals surface area contributed by atoms with Crippen molar-refractivity contribution in [2.75, 3.05) is 13.1 Å². The maximum atomic E-state index is 12.5. The molecule has 1 aliphatic carbocycles. The van der Waals surface area contributed by atoms with Crippen molar-refractivity contribution in [2.24, 2.45) is 0 Å². The molecule has 21 heavy (non-hydrogen) atoms. The lowest BCUT2D eigenvalue weighted by molar-refractivity contribution is 0.104. The summed E-state index contributed by atoms with van der Waals surface area (Å²) in [5, 5.41) is 0.913. The second kappa shape index (κ2) is 4.65. The number of piperidine rings is 1. The zero-order valence-electron chi connectivity index (χ0n) is 12.1. The number of ketones is 1. The van der Waals surface area contributed by atoms with E-state index in [2.05, 4.69) is 20.9 Å². The minimum Gasteiger partial charge on any atom is -0.371 e. The predicted molar refractivity (Wildman–Crippen MR) is 82.0 cm³/mol. The average molecular weight is 279 g/mol. The number of aromatic nitrogens is 2. The van der Waals surface area contributed by atoms with Crippen molar-refractivity contribution in [1.82, 2.24) is 14.9 Å². The Morgan fingerprint density at radius 2 is 1.90 bits per heavy atom. The van der Waals surface area contributed by atoms with Crippen molar-refractivity contribution in [3.8, 4) is 0 Å². The molecule has 0 spiro atoms. The molecule has 0 radical (unpaired) electrons. The number of nitrogens with zero attached hydrogens (tertiary/aromatic N) is 3. The number of carbonyl (C=O) groups excluding carboxylic acids is 1. The van der Waals surface area contributed by atoms with Crippen LogP contribution in [-0.4, -0.2) is 33.7 Å². The van der Waals surface area contributed by atoms with Crippen molar-refractivity contribution in [1.29, 1.82) is 0 Å². The van der Waals surface area contributed by atoms with E-state index in [4.69, 9.17) is 0 Å². The number of carbonyl (C=O) groups is 1. The summed E-state index contributed by atoms with van der Waals surface area (Å²) in [4.78, 5) is 23.7. The molecule has 106 valence electrons. The van der Waals surface area contributed by atoms with Gasteiger partial charge in [-0.1, -0.05) is 12.1 Å². The van der Waals surface area contributed by atoms with E-state index in [-0.39, 0.29) is 5.78 Å². The Labute approximate surface area is 123 Å². The molecule has 1 aromatic heterocycles. The Hall–Kier alpha value is -2.23. The van der Waals surface area contributed by atoms with E-state index in [1.54, 1.807) is 6.08 Å². The van der Waals surface area contributed by atoms with Crippen molar-refractivity contribution < 1.29 is 4.79 Å². The second-order valence-electron chi connectivity index (χ2n) is 5.76. The van der Waals surface area contributed by atoms with Gasteiger partial charge in [0, 0.05) is 35.8 Å². The summed E-state index contributed by atoms with van der Waals surface area (Å²) in [6.45, 7) is 3.88. The molecule has 1 fully saturated rings. The Kier molecular flexibility index (Phi) is 2.77. The molecule has 2 aromatic rings. The topological polar surface area (TPSA) is 46.1 Å². The first-order valence-electron chi connectivity index (χ1n) is 7.53. The third-order valence-electron chi connectivity index (χ3n) is 4.31. The normalized spacial score (nSPS) is 18.0. The highest BCUT2D eigenvalue weighted by molar-refractivity contribution is 6.19. The monoisotopic (exact) mass is 279 g/mol. The summed E-state index contributed by atoms with van der Waals surface area (Å²) >= 11 is 0. The first-order valence-corrected chi connectivity index (χ1v) is 7.53. The first-order chi connectivity index (χ1) is 10.2. The smallest absolute Gasteiger partial charge is 0.207 e. The zero-order chi connectivity index (χ0) is 14.4. The van der Waals surface area contributed by atoms with Crippen LogP contribution >= 0.6 is 0 Å². The van der Waals surface area contributed by atoms with Crippen LogP contribution in [0.15, 0.2) is 24.3 Å². The van der Waals surface area contributed by atoms with Crippen LogP contribution in [0.4, 0.5) is 0 Å². The molecule has 1 saturated heterocycles. The van der Waals surface area contributed by atoms with E-state index < -0.39 is 0 Å². The van der Waals surface area contributed by atoms with Gasteiger partial charge in [0.2, 0.25) is 5.78 Å². The Morgan fingerprint density at radius 1 is 1.10 bits per heavy atom. The molecule has 1 aliphatic heterocycles. The number of likely N-dealkylation sites (tertiary alicyclic amines) is 1. The van der Waals surface area contributed by atoms with Crippen molar-refractivity contribution >= 4 is 22.4 Å². The molecule has 2 aliphatic rings. The highest BCUT2D eigenvalue weighted by Crippen LogP contribution is 2.34. The maximum Gasteiger partial charge on any atom is 0.207 e. The van der Waals surface area contributed by atoms with E-state index in [0.717, 1.165) is 35.3 Å². The molecule has 0 atom stereocenters. The molecule has 0 N–H and O–H groups in total. The molecule has 4 nitrogen and oxygen atoms in total. The summed E-state index contributed by atoms with van der Waals surface area (Å²) in [7, 11) is 0. The van der Waals surface area contributed by atoms with Gasteiger partial charge in [0.1, 0.15) is 11.5 Å². The minimum absolute atomic E-state index is 0.00442. The largest absolute Gasteiger partial charge is 0.371 e. The minimum atomic E-state index is 0.00442. The van der Waals surface area contributed by atoms with Gasteiger partial charge in [-0.2, -0.15) is 0 Å². The molecular weight excluding hydrogens is 262 g/mol. The molecule has 0 unspecified atom stereocenters. The first kappa shape index (κ1) is 12.5. The summed E-state index contributed by atoms with van der Waals surface area (Å²) in [6.07, 6.45) is 5.42. The third-order valence-corrected chi connectivity index (χ3v) is 4.31. The van der Waals surface area contributed by atoms with Gasteiger partial charge in [-0.05, 0) is 32.3 Å². The molecular formula is C17H17N3O. The van der Waals surface area contributed by atoms with E-state index in [9.17, 15) is 4.79 Å². The van der Waals surface area contributed by atoms with Crippen LogP contribution in [0.3, 0.4) is 0 Å². The van der Waals surface area contributed by atoms with Crippen LogP contribution in [0, 0.1) is 6.92 Å². The quantitative estimate of drug-likeness (QED) is 0.805. The average Bonchev–Trinajstić information content (AvgIpc) is 2.51. The number of rotatable bonds is 1. The molecule has 0 amide bonds. The Morgan fingerprint density at radius 3 is 2.71 bits per heavy atom. The SMILES string of the molecule is Cc1nc2c3c(cccc3n1)C(N1CCCCC1)=CC2=O. The van der Waals surface area contributed by atoms with Crippen LogP contribution in [0.1, 0.15) is 41.1 Å². The molecule has 0 saturated carbocycles. The number of benzene rings is 1. The van der Waals surface area contributed by atoms with Gasteiger partial charge >= 0.3 is 0 Å². The van der Waals surface area contributed by atoms with Crippen molar-refractivity contribution in [3.63, 3.8) is 0 Å². The van der Waals surface area contributed by atoms with Gasteiger partial charge in [0.25, 0.3) is 0 Å². The molecule has 4 rings (SSSR count). The van der Waals surface area contributed by atoms with Crippen molar-refractivity contribution in [2.45, 2.75) is 26.2 Å². The summed E-state index contributed by atoms with van der Waals surface area (Å²) in [5.41, 5.74) is 3.56. The van der Waals surface area contributed by atoms with Gasteiger partial charge in [0.15, 0.2) is 0 Å². The van der Waals surface area contributed by atoms with Gasteiger partial charge in [-0.15, -0.1) is 0 Å². The number of allylic oxidation sites excluding steroid dienone is 1. The lowest BCUT2D eigenvalue weighted by Gasteiger charge is -2.33. The Bertz CT molecular complexity index is 773. The highest BCUT2D eigenvalue weighted by Gasteiger charge is 2.26. The summed E-state index contributed by atoms with van der Waals surface area (Å²) in [6, 6.07) is 6.06. The van der Waals surface area contributed by atoms with E-state index >= 15 is 0 Å². The zero-order valence-corrected chi connectivity index (χ0v) is 12.1. The number of hydrogen-bond acceptors (Lipinski definition) is 4. The fraction of sp³-hybridized carbons (Fsp3) is 0.353. The lowest BCUT2D eigenvalue weighted by atomic mass is 9.94. The van der Waals surface area contributed by atoms with Gasteiger partial charge in [0.05, 0.1) is 5.52 Å². The van der Waals surface area contributed by atoms with Crippen LogP contribution in [0.25, 0.3) is 16.6 Å². The van der Waals surface area contributed by atoms with E-state index in [1.807, 2.05) is 19.1 Å².